The Labute approximate surface area is 182 Å². The highest BCUT2D eigenvalue weighted by Gasteiger charge is 2.36. The lowest BCUT2D eigenvalue weighted by atomic mass is 9.85. The molecule has 0 atom stereocenters. The van der Waals surface area contributed by atoms with Crippen LogP contribution in [-0.4, -0.2) is 36.0 Å². The minimum Gasteiger partial charge on any atom is -0.469 e. The molecule has 6 nitrogen and oxygen atoms in total. The summed E-state index contributed by atoms with van der Waals surface area (Å²) >= 11 is 0. The van der Waals surface area contributed by atoms with Crippen LogP contribution in [0.4, 0.5) is 5.69 Å². The van der Waals surface area contributed by atoms with E-state index in [1.54, 1.807) is 12.1 Å². The molecule has 1 aliphatic carbocycles. The number of hydrogen-bond acceptors (Lipinski definition) is 4. The molecule has 0 radical (unpaired) electrons. The molecule has 0 aromatic heterocycles. The monoisotopic (exact) mass is 420 g/mol. The van der Waals surface area contributed by atoms with Gasteiger partial charge in [-0.25, -0.2) is 0 Å². The van der Waals surface area contributed by atoms with Gasteiger partial charge in [-0.1, -0.05) is 29.8 Å². The minimum absolute atomic E-state index is 0.0367. The van der Waals surface area contributed by atoms with Crippen LogP contribution in [0.25, 0.3) is 0 Å². The number of carbonyl (C=O) groups excluding carboxylic acids is 2. The number of aryl methyl sites for hydroxylation is 1. The number of hydrogen-bond donors (Lipinski definition) is 1. The van der Waals surface area contributed by atoms with Gasteiger partial charge in [-0.2, -0.15) is 4.99 Å². The molecule has 4 rings (SSSR count). The molecule has 6 heteroatoms. The highest BCUT2D eigenvalue weighted by Crippen LogP contribution is 2.38. The van der Waals surface area contributed by atoms with E-state index in [1.165, 1.54) is 7.11 Å². The smallest absolute Gasteiger partial charge is 0.308 e. The van der Waals surface area contributed by atoms with Gasteiger partial charge < -0.3 is 14.7 Å². The molecule has 1 N–H and O–H groups in total. The van der Waals surface area contributed by atoms with Crippen LogP contribution in [0, 0.1) is 12.8 Å². The number of amides is 1. The summed E-state index contributed by atoms with van der Waals surface area (Å²) in [6.07, 6.45) is 3.72. The predicted molar refractivity (Wildman–Crippen MR) is 119 cm³/mol. The summed E-state index contributed by atoms with van der Waals surface area (Å²) in [6, 6.07) is 13.5. The molecule has 0 unspecified atom stereocenters. The fraction of sp³-hybridized carbons (Fsp3) is 0.400. The zero-order valence-electron chi connectivity index (χ0n) is 18.0. The first kappa shape index (κ1) is 21.2. The van der Waals surface area contributed by atoms with Gasteiger partial charge in [0.05, 0.1) is 19.6 Å². The summed E-state index contributed by atoms with van der Waals surface area (Å²) in [7, 11) is 1.43. The molecule has 0 bridgehead atoms. The van der Waals surface area contributed by atoms with E-state index in [2.05, 4.69) is 9.89 Å². The first-order valence-corrected chi connectivity index (χ1v) is 10.8. The van der Waals surface area contributed by atoms with E-state index in [4.69, 9.17) is 4.74 Å². The summed E-state index contributed by atoms with van der Waals surface area (Å²) in [5.74, 6) is 0.267. The number of aliphatic hydroxyl groups is 1. The Kier molecular flexibility index (Phi) is 6.18. The van der Waals surface area contributed by atoms with E-state index >= 15 is 0 Å². The van der Waals surface area contributed by atoms with Crippen molar-refractivity contribution in [3.8, 4) is 0 Å². The molecule has 1 aliphatic heterocycles. The molecule has 2 aromatic rings. The molecule has 1 heterocycles. The van der Waals surface area contributed by atoms with E-state index < -0.39 is 0 Å². The van der Waals surface area contributed by atoms with Crippen LogP contribution in [0.15, 0.2) is 47.5 Å². The van der Waals surface area contributed by atoms with Gasteiger partial charge in [0.2, 0.25) is 0 Å². The van der Waals surface area contributed by atoms with Gasteiger partial charge >= 0.3 is 5.97 Å². The molecule has 1 amide bonds. The quantitative estimate of drug-likeness (QED) is 0.761. The number of nitrogens with zero attached hydrogens (tertiary/aromatic N) is 2. The second kappa shape index (κ2) is 9.02. The topological polar surface area (TPSA) is 79.2 Å². The lowest BCUT2D eigenvalue weighted by Crippen LogP contribution is -2.41. The van der Waals surface area contributed by atoms with Crippen LogP contribution in [-0.2, 0) is 22.6 Å². The summed E-state index contributed by atoms with van der Waals surface area (Å²) in [6.45, 7) is 1.95. The third kappa shape index (κ3) is 4.39. The van der Waals surface area contributed by atoms with E-state index in [0.29, 0.717) is 12.0 Å². The van der Waals surface area contributed by atoms with Crippen molar-refractivity contribution in [1.29, 1.82) is 0 Å². The first-order valence-electron chi connectivity index (χ1n) is 10.8. The Bertz CT molecular complexity index is 1000. The molecule has 162 valence electrons. The maximum absolute atomic E-state index is 12.9. The van der Waals surface area contributed by atoms with Crippen molar-refractivity contribution in [1.82, 2.24) is 0 Å². The van der Waals surface area contributed by atoms with Crippen LogP contribution in [0.5, 0.6) is 0 Å². The Morgan fingerprint density at radius 1 is 1.10 bits per heavy atom. The number of amidine groups is 1. The van der Waals surface area contributed by atoms with E-state index in [-0.39, 0.29) is 30.4 Å². The summed E-state index contributed by atoms with van der Waals surface area (Å²) in [5.41, 5.74) is 4.60. The molecule has 31 heavy (non-hydrogen) atoms. The number of aliphatic hydroxyl groups excluding tert-OH is 1. The van der Waals surface area contributed by atoms with Crippen LogP contribution in [0.2, 0.25) is 0 Å². The van der Waals surface area contributed by atoms with Crippen LogP contribution in [0.1, 0.15) is 52.7 Å². The number of ether oxygens (including phenoxy) is 1. The lowest BCUT2D eigenvalue weighted by Gasteiger charge is -2.35. The standard InChI is InChI=1S/C25H28N2O4/c1-16-3-6-18(7-4-16)24(29)26-23-14-20-8-5-17(15-28)13-22(20)27(23)21-11-9-19(10-12-21)25(30)31-2/h3-8,13,19,21,28H,9-12,14-15H2,1-2H3. The largest absolute Gasteiger partial charge is 0.469 e. The number of carbonyl (C=O) groups is 2. The van der Waals surface area contributed by atoms with Crippen molar-refractivity contribution in [2.75, 3.05) is 12.0 Å². The number of fused-ring (bicyclic) bond motifs is 1. The van der Waals surface area contributed by atoms with Gasteiger partial charge in [-0.05, 0) is 61.9 Å². The molecule has 0 saturated heterocycles. The summed E-state index contributed by atoms with van der Waals surface area (Å²) in [5, 5.41) is 9.62. The highest BCUT2D eigenvalue weighted by atomic mass is 16.5. The fourth-order valence-electron chi connectivity index (χ4n) is 4.59. The lowest BCUT2D eigenvalue weighted by molar-refractivity contribution is -0.146. The Morgan fingerprint density at radius 2 is 1.81 bits per heavy atom. The number of esters is 1. The molecule has 2 aliphatic rings. The van der Waals surface area contributed by atoms with Gasteiger partial charge in [-0.3, -0.25) is 9.59 Å². The average molecular weight is 421 g/mol. The normalized spacial score (nSPS) is 21.8. The zero-order valence-corrected chi connectivity index (χ0v) is 18.0. The number of methoxy groups -OCH3 is 1. The number of benzene rings is 2. The Morgan fingerprint density at radius 3 is 2.45 bits per heavy atom. The SMILES string of the molecule is COC(=O)C1CCC(N2C(=NC(=O)c3ccc(C)cc3)Cc3ccc(CO)cc32)CC1. The maximum atomic E-state index is 12.9. The Balaban J connectivity index is 1.64. The third-order valence-corrected chi connectivity index (χ3v) is 6.34. The van der Waals surface area contributed by atoms with Crippen molar-refractivity contribution < 1.29 is 19.4 Å². The van der Waals surface area contributed by atoms with Crippen LogP contribution < -0.4 is 4.90 Å². The first-order chi connectivity index (χ1) is 15.0. The second-order valence-electron chi connectivity index (χ2n) is 8.40. The van der Waals surface area contributed by atoms with Crippen molar-refractivity contribution in [2.45, 2.75) is 51.7 Å². The van der Waals surface area contributed by atoms with Gasteiger partial charge in [0, 0.05) is 23.7 Å². The zero-order chi connectivity index (χ0) is 22.0. The minimum atomic E-state index is -0.251. The molecular formula is C25H28N2O4. The van der Waals surface area contributed by atoms with Crippen molar-refractivity contribution in [3.05, 3.63) is 64.7 Å². The van der Waals surface area contributed by atoms with E-state index in [9.17, 15) is 14.7 Å². The number of anilines is 1. The van der Waals surface area contributed by atoms with Crippen LogP contribution in [0.3, 0.4) is 0 Å². The van der Waals surface area contributed by atoms with E-state index in [1.807, 2.05) is 37.3 Å². The summed E-state index contributed by atoms with van der Waals surface area (Å²) < 4.78 is 4.92. The fourth-order valence-corrected chi connectivity index (χ4v) is 4.59. The van der Waals surface area contributed by atoms with Gasteiger partial charge in [0.25, 0.3) is 5.91 Å². The number of rotatable bonds is 4. The second-order valence-corrected chi connectivity index (χ2v) is 8.40. The molecule has 0 spiro atoms. The van der Waals surface area contributed by atoms with Crippen molar-refractivity contribution >= 4 is 23.4 Å². The van der Waals surface area contributed by atoms with Gasteiger partial charge in [0.1, 0.15) is 5.84 Å². The predicted octanol–water partition coefficient (Wildman–Crippen LogP) is 3.82. The molecular weight excluding hydrogens is 392 g/mol. The van der Waals surface area contributed by atoms with Gasteiger partial charge in [0.15, 0.2) is 0 Å². The van der Waals surface area contributed by atoms with Crippen LogP contribution >= 0.6 is 0 Å². The van der Waals surface area contributed by atoms with Crippen molar-refractivity contribution in [2.24, 2.45) is 10.9 Å². The molecule has 1 fully saturated rings. The average Bonchev–Trinajstić information content (AvgIpc) is 3.15. The maximum Gasteiger partial charge on any atom is 0.308 e. The van der Waals surface area contributed by atoms with Gasteiger partial charge in [-0.15, -0.1) is 0 Å². The highest BCUT2D eigenvalue weighted by molar-refractivity contribution is 6.12. The van der Waals surface area contributed by atoms with Crippen molar-refractivity contribution in [3.63, 3.8) is 0 Å². The summed E-state index contributed by atoms with van der Waals surface area (Å²) in [4.78, 5) is 31.5. The molecule has 1 saturated carbocycles. The Hall–Kier alpha value is -2.99. The molecule has 2 aromatic carbocycles. The third-order valence-electron chi connectivity index (χ3n) is 6.34. The van der Waals surface area contributed by atoms with E-state index in [0.717, 1.165) is 53.9 Å². The number of aliphatic imine (C=N–C) groups is 1.